The molecule has 2 N–H and O–H groups in total. The number of carboxylic acids is 1. The molecule has 0 aliphatic heterocycles. The van der Waals surface area contributed by atoms with Gasteiger partial charge < -0.3 is 10.2 Å². The number of carboxylic acid groups (broad SMARTS) is 1. The zero-order valence-corrected chi connectivity index (χ0v) is 10.7. The van der Waals surface area contributed by atoms with Crippen LogP contribution in [0.15, 0.2) is 17.0 Å². The first-order chi connectivity index (χ1) is 8.66. The SMILES string of the molecule is CC(O)CCS(=O)(=O)c1ccc(F)c(C(=O)O)c1F. The molecule has 0 saturated heterocycles. The summed E-state index contributed by atoms with van der Waals surface area (Å²) in [6.07, 6.45) is -1.04. The number of sulfone groups is 1. The third-order valence-electron chi connectivity index (χ3n) is 2.41. The van der Waals surface area contributed by atoms with Crippen LogP contribution in [0.1, 0.15) is 23.7 Å². The van der Waals surface area contributed by atoms with Gasteiger partial charge >= 0.3 is 5.97 Å². The van der Waals surface area contributed by atoms with Crippen molar-refractivity contribution in [2.45, 2.75) is 24.3 Å². The molecule has 0 heterocycles. The number of aliphatic hydroxyl groups excluding tert-OH is 1. The Bertz CT molecular complexity index is 595. The summed E-state index contributed by atoms with van der Waals surface area (Å²) in [5.41, 5.74) is -1.31. The molecular weight excluding hydrogens is 282 g/mol. The molecule has 1 rings (SSSR count). The quantitative estimate of drug-likeness (QED) is 0.796. The minimum Gasteiger partial charge on any atom is -0.477 e. The van der Waals surface area contributed by atoms with Gasteiger partial charge in [0.25, 0.3) is 0 Å². The maximum Gasteiger partial charge on any atom is 0.341 e. The van der Waals surface area contributed by atoms with Crippen LogP contribution in [0.25, 0.3) is 0 Å². The maximum atomic E-state index is 13.7. The molecule has 0 aliphatic rings. The van der Waals surface area contributed by atoms with Crippen LogP contribution in [-0.2, 0) is 9.84 Å². The van der Waals surface area contributed by atoms with Gasteiger partial charge in [0.05, 0.1) is 11.9 Å². The Morgan fingerprint density at radius 3 is 2.42 bits per heavy atom. The minimum atomic E-state index is -4.12. The van der Waals surface area contributed by atoms with E-state index in [1.807, 2.05) is 0 Å². The highest BCUT2D eigenvalue weighted by molar-refractivity contribution is 7.91. The van der Waals surface area contributed by atoms with Crippen LogP contribution in [0, 0.1) is 11.6 Å². The molecule has 1 aromatic rings. The lowest BCUT2D eigenvalue weighted by molar-refractivity contribution is 0.0685. The minimum absolute atomic E-state index is 0.137. The lowest BCUT2D eigenvalue weighted by atomic mass is 10.2. The second kappa shape index (κ2) is 5.62. The monoisotopic (exact) mass is 294 g/mol. The van der Waals surface area contributed by atoms with Crippen molar-refractivity contribution in [2.24, 2.45) is 0 Å². The van der Waals surface area contributed by atoms with E-state index >= 15 is 0 Å². The van der Waals surface area contributed by atoms with Gasteiger partial charge in [-0.15, -0.1) is 0 Å². The van der Waals surface area contributed by atoms with Crippen molar-refractivity contribution in [1.82, 2.24) is 0 Å². The molecule has 0 saturated carbocycles. The molecule has 0 radical (unpaired) electrons. The van der Waals surface area contributed by atoms with E-state index in [4.69, 9.17) is 10.2 Å². The first kappa shape index (κ1) is 15.5. The molecule has 0 spiro atoms. The van der Waals surface area contributed by atoms with Crippen molar-refractivity contribution < 1.29 is 32.2 Å². The zero-order chi connectivity index (χ0) is 14.8. The van der Waals surface area contributed by atoms with Gasteiger partial charge in [-0.25, -0.2) is 22.0 Å². The summed E-state index contributed by atoms with van der Waals surface area (Å²) < 4.78 is 50.4. The lowest BCUT2D eigenvalue weighted by Gasteiger charge is -2.09. The molecule has 0 amide bonds. The van der Waals surface area contributed by atoms with Gasteiger partial charge in [0, 0.05) is 0 Å². The molecule has 106 valence electrons. The predicted molar refractivity (Wildman–Crippen MR) is 61.7 cm³/mol. The normalized spacial score (nSPS) is 13.3. The third-order valence-corrected chi connectivity index (χ3v) is 4.17. The van der Waals surface area contributed by atoms with E-state index in [9.17, 15) is 22.0 Å². The number of carbonyl (C=O) groups is 1. The maximum absolute atomic E-state index is 13.7. The van der Waals surface area contributed by atoms with Crippen molar-refractivity contribution in [3.63, 3.8) is 0 Å². The van der Waals surface area contributed by atoms with Crippen molar-refractivity contribution in [3.8, 4) is 0 Å². The summed E-state index contributed by atoms with van der Waals surface area (Å²) in [6.45, 7) is 1.36. The molecule has 1 unspecified atom stereocenters. The summed E-state index contributed by atoms with van der Waals surface area (Å²) in [4.78, 5) is 9.79. The number of rotatable bonds is 5. The number of hydrogen-bond donors (Lipinski definition) is 2. The number of hydrogen-bond acceptors (Lipinski definition) is 4. The Hall–Kier alpha value is -1.54. The molecule has 0 aromatic heterocycles. The first-order valence-corrected chi connectivity index (χ1v) is 6.94. The van der Waals surface area contributed by atoms with Gasteiger partial charge in [-0.05, 0) is 25.5 Å². The lowest BCUT2D eigenvalue weighted by Crippen LogP contribution is -2.16. The van der Waals surface area contributed by atoms with Crippen molar-refractivity contribution in [2.75, 3.05) is 5.75 Å². The molecule has 0 bridgehead atoms. The largest absolute Gasteiger partial charge is 0.477 e. The predicted octanol–water partition coefficient (Wildman–Crippen LogP) is 1.21. The Morgan fingerprint density at radius 2 is 1.95 bits per heavy atom. The summed E-state index contributed by atoms with van der Waals surface area (Å²) in [6, 6.07) is 1.26. The summed E-state index contributed by atoms with van der Waals surface area (Å²) in [5, 5.41) is 17.6. The van der Waals surface area contributed by atoms with E-state index in [1.165, 1.54) is 6.92 Å². The highest BCUT2D eigenvalue weighted by atomic mass is 32.2. The van der Waals surface area contributed by atoms with Crippen LogP contribution in [0.5, 0.6) is 0 Å². The number of aliphatic hydroxyl groups is 1. The van der Waals surface area contributed by atoms with Gasteiger partial charge in [-0.3, -0.25) is 0 Å². The highest BCUT2D eigenvalue weighted by Gasteiger charge is 2.26. The molecule has 0 aliphatic carbocycles. The molecular formula is C11H12F2O5S. The van der Waals surface area contributed by atoms with Crippen molar-refractivity contribution in [1.29, 1.82) is 0 Å². The van der Waals surface area contributed by atoms with Gasteiger partial charge in [-0.2, -0.15) is 0 Å². The average Bonchev–Trinajstić information content (AvgIpc) is 2.25. The highest BCUT2D eigenvalue weighted by Crippen LogP contribution is 2.22. The fraction of sp³-hybridized carbons (Fsp3) is 0.364. The fourth-order valence-corrected chi connectivity index (χ4v) is 2.93. The first-order valence-electron chi connectivity index (χ1n) is 5.29. The van der Waals surface area contributed by atoms with Crippen LogP contribution in [0.2, 0.25) is 0 Å². The van der Waals surface area contributed by atoms with Crippen LogP contribution >= 0.6 is 0 Å². The second-order valence-electron chi connectivity index (χ2n) is 4.00. The van der Waals surface area contributed by atoms with E-state index in [-0.39, 0.29) is 6.42 Å². The number of aromatic carboxylic acids is 1. The van der Waals surface area contributed by atoms with Gasteiger partial charge in [0.1, 0.15) is 16.3 Å². The van der Waals surface area contributed by atoms with E-state index < -0.39 is 49.8 Å². The second-order valence-corrected chi connectivity index (χ2v) is 6.07. The van der Waals surface area contributed by atoms with E-state index in [2.05, 4.69) is 0 Å². The summed E-state index contributed by atoms with van der Waals surface area (Å²) in [7, 11) is -4.12. The van der Waals surface area contributed by atoms with E-state index in [0.29, 0.717) is 12.1 Å². The van der Waals surface area contributed by atoms with Crippen molar-refractivity contribution in [3.05, 3.63) is 29.3 Å². The molecule has 8 heteroatoms. The van der Waals surface area contributed by atoms with Crippen LogP contribution < -0.4 is 0 Å². The Morgan fingerprint density at radius 1 is 1.37 bits per heavy atom. The molecule has 19 heavy (non-hydrogen) atoms. The molecule has 0 fully saturated rings. The standard InChI is InChI=1S/C11H12F2O5S/c1-6(14)4-5-19(17,18)8-3-2-7(12)9(10(8)13)11(15)16/h2-3,6,14H,4-5H2,1H3,(H,15,16). The number of benzene rings is 1. The average molecular weight is 294 g/mol. The Labute approximate surface area is 108 Å². The van der Waals surface area contributed by atoms with Crippen LogP contribution in [-0.4, -0.2) is 36.5 Å². The fourth-order valence-electron chi connectivity index (χ4n) is 1.41. The van der Waals surface area contributed by atoms with Gasteiger partial charge in [-0.1, -0.05) is 0 Å². The third kappa shape index (κ3) is 3.48. The Kier molecular flexibility index (Phi) is 4.59. The van der Waals surface area contributed by atoms with Crippen LogP contribution in [0.3, 0.4) is 0 Å². The smallest absolute Gasteiger partial charge is 0.341 e. The number of halogens is 2. The topological polar surface area (TPSA) is 91.7 Å². The zero-order valence-electron chi connectivity index (χ0n) is 9.93. The molecule has 5 nitrogen and oxygen atoms in total. The molecule has 1 atom stereocenters. The van der Waals surface area contributed by atoms with E-state index in [1.54, 1.807) is 0 Å². The van der Waals surface area contributed by atoms with Gasteiger partial charge in [0.15, 0.2) is 15.7 Å². The summed E-state index contributed by atoms with van der Waals surface area (Å²) >= 11 is 0. The molecule has 1 aromatic carbocycles. The summed E-state index contributed by atoms with van der Waals surface area (Å²) in [5.74, 6) is -5.42. The van der Waals surface area contributed by atoms with Gasteiger partial charge in [0.2, 0.25) is 0 Å². The Balaban J connectivity index is 3.29. The van der Waals surface area contributed by atoms with Crippen LogP contribution in [0.4, 0.5) is 8.78 Å². The van der Waals surface area contributed by atoms with Crippen molar-refractivity contribution >= 4 is 15.8 Å². The van der Waals surface area contributed by atoms with E-state index in [0.717, 1.165) is 0 Å².